The molecule has 3 unspecified atom stereocenters. The predicted molar refractivity (Wildman–Crippen MR) is 84.0 cm³/mol. The average Bonchev–Trinajstić information content (AvgIpc) is 3.11. The van der Waals surface area contributed by atoms with Crippen molar-refractivity contribution in [3.8, 4) is 0 Å². The van der Waals surface area contributed by atoms with Gasteiger partial charge in [0.05, 0.1) is 0 Å². The number of hydrogen-bond donors (Lipinski definition) is 1. The Balaban J connectivity index is 1.56. The summed E-state index contributed by atoms with van der Waals surface area (Å²) < 4.78 is 0. The molecular formula is C17H20BrNO. The highest BCUT2D eigenvalue weighted by molar-refractivity contribution is 9.09. The zero-order chi connectivity index (χ0) is 13.7. The Hall–Kier alpha value is -0.830. The Kier molecular flexibility index (Phi) is 3.13. The molecule has 20 heavy (non-hydrogen) atoms. The minimum Gasteiger partial charge on any atom is -0.326 e. The van der Waals surface area contributed by atoms with Gasteiger partial charge in [-0.2, -0.15) is 0 Å². The number of halogens is 1. The van der Waals surface area contributed by atoms with Gasteiger partial charge in [0.2, 0.25) is 5.91 Å². The molecule has 0 radical (unpaired) electrons. The largest absolute Gasteiger partial charge is 0.326 e. The van der Waals surface area contributed by atoms with Crippen LogP contribution in [0.4, 0.5) is 5.69 Å². The van der Waals surface area contributed by atoms with Crippen molar-refractivity contribution in [1.29, 1.82) is 0 Å². The van der Waals surface area contributed by atoms with Gasteiger partial charge in [-0.25, -0.2) is 0 Å². The van der Waals surface area contributed by atoms with Crippen molar-refractivity contribution in [2.45, 2.75) is 43.4 Å². The molecular weight excluding hydrogens is 314 g/mol. The van der Waals surface area contributed by atoms with Crippen LogP contribution in [0, 0.1) is 17.8 Å². The summed E-state index contributed by atoms with van der Waals surface area (Å²) in [7, 11) is 0. The number of carbonyl (C=O) groups is 1. The summed E-state index contributed by atoms with van der Waals surface area (Å²) in [5.41, 5.74) is 3.72. The SMILES string of the molecule is O=C1CCCc2cc(C(Br)C3CC4CC4C3)ccc2N1. The van der Waals surface area contributed by atoms with Gasteiger partial charge in [-0.15, -0.1) is 0 Å². The van der Waals surface area contributed by atoms with E-state index >= 15 is 0 Å². The average molecular weight is 334 g/mol. The van der Waals surface area contributed by atoms with Crippen LogP contribution >= 0.6 is 15.9 Å². The highest BCUT2D eigenvalue weighted by Crippen LogP contribution is 2.58. The number of amides is 1. The van der Waals surface area contributed by atoms with Crippen LogP contribution in [0.15, 0.2) is 18.2 Å². The lowest BCUT2D eigenvalue weighted by Crippen LogP contribution is -2.10. The van der Waals surface area contributed by atoms with Gasteiger partial charge in [0, 0.05) is 16.9 Å². The zero-order valence-corrected chi connectivity index (χ0v) is 13.2. The molecule has 2 nitrogen and oxygen atoms in total. The Morgan fingerprint density at radius 2 is 1.95 bits per heavy atom. The van der Waals surface area contributed by atoms with Gasteiger partial charge in [0.1, 0.15) is 0 Å². The molecule has 2 saturated carbocycles. The van der Waals surface area contributed by atoms with E-state index in [-0.39, 0.29) is 5.91 Å². The molecule has 0 spiro atoms. The van der Waals surface area contributed by atoms with Gasteiger partial charge in [0.25, 0.3) is 0 Å². The van der Waals surface area contributed by atoms with E-state index in [4.69, 9.17) is 0 Å². The van der Waals surface area contributed by atoms with Crippen molar-refractivity contribution >= 4 is 27.5 Å². The Morgan fingerprint density at radius 3 is 2.75 bits per heavy atom. The molecule has 106 valence electrons. The third kappa shape index (κ3) is 2.30. The fraction of sp³-hybridized carbons (Fsp3) is 0.588. The third-order valence-corrected chi connectivity index (χ3v) is 6.54. The molecule has 3 aliphatic rings. The smallest absolute Gasteiger partial charge is 0.224 e. The summed E-state index contributed by atoms with van der Waals surface area (Å²) in [5, 5.41) is 3.02. The summed E-state index contributed by atoms with van der Waals surface area (Å²) in [5.74, 6) is 3.01. The van der Waals surface area contributed by atoms with E-state index in [9.17, 15) is 4.79 Å². The van der Waals surface area contributed by atoms with Gasteiger partial charge in [-0.3, -0.25) is 4.79 Å². The van der Waals surface area contributed by atoms with Gasteiger partial charge in [-0.05, 0) is 67.1 Å². The van der Waals surface area contributed by atoms with Crippen molar-refractivity contribution in [3.05, 3.63) is 29.3 Å². The molecule has 1 heterocycles. The summed E-state index contributed by atoms with van der Waals surface area (Å²) >= 11 is 3.93. The molecule has 0 aromatic heterocycles. The summed E-state index contributed by atoms with van der Waals surface area (Å²) in [6.45, 7) is 0. The Labute approximate surface area is 128 Å². The molecule has 0 saturated heterocycles. The maximum Gasteiger partial charge on any atom is 0.224 e. The fourth-order valence-electron chi connectivity index (χ4n) is 4.04. The van der Waals surface area contributed by atoms with Crippen LogP contribution in [0.1, 0.15) is 48.1 Å². The maximum atomic E-state index is 11.6. The summed E-state index contributed by atoms with van der Waals surface area (Å²) in [4.78, 5) is 12.1. The monoisotopic (exact) mass is 333 g/mol. The second-order valence-corrected chi connectivity index (χ2v) is 7.69. The van der Waals surface area contributed by atoms with Crippen LogP contribution in [0.2, 0.25) is 0 Å². The molecule has 3 heteroatoms. The second-order valence-electron chi connectivity index (χ2n) is 6.71. The molecule has 1 aromatic rings. The van der Waals surface area contributed by atoms with Crippen LogP contribution in [0.3, 0.4) is 0 Å². The number of hydrogen-bond acceptors (Lipinski definition) is 1. The van der Waals surface area contributed by atoms with Crippen LogP contribution in [-0.4, -0.2) is 5.91 Å². The van der Waals surface area contributed by atoms with E-state index in [1.807, 2.05) is 0 Å². The Bertz CT molecular complexity index is 546. The van der Waals surface area contributed by atoms with Crippen LogP contribution in [0.25, 0.3) is 0 Å². The molecule has 1 aliphatic heterocycles. The van der Waals surface area contributed by atoms with E-state index in [0.717, 1.165) is 36.3 Å². The lowest BCUT2D eigenvalue weighted by atomic mass is 9.93. The number of fused-ring (bicyclic) bond motifs is 2. The normalized spacial score (nSPS) is 32.9. The first-order chi connectivity index (χ1) is 9.70. The van der Waals surface area contributed by atoms with Gasteiger partial charge >= 0.3 is 0 Å². The van der Waals surface area contributed by atoms with E-state index in [1.165, 1.54) is 30.4 Å². The number of carbonyl (C=O) groups excluding carboxylic acids is 1. The molecule has 0 bridgehead atoms. The first-order valence-corrected chi connectivity index (χ1v) is 8.69. The molecule has 3 atom stereocenters. The van der Waals surface area contributed by atoms with E-state index in [1.54, 1.807) is 0 Å². The molecule has 4 rings (SSSR count). The standard InChI is InChI=1S/C17H20BrNO/c18-17(14-8-12-7-13(12)9-14)11-4-5-15-10(6-11)2-1-3-16(20)19-15/h4-6,12-14,17H,1-3,7-9H2,(H,19,20). The predicted octanol–water partition coefficient (Wildman–Crippen LogP) is 4.44. The lowest BCUT2D eigenvalue weighted by Gasteiger charge is -2.20. The number of rotatable bonds is 2. The van der Waals surface area contributed by atoms with E-state index in [2.05, 4.69) is 39.4 Å². The van der Waals surface area contributed by atoms with Crippen LogP contribution < -0.4 is 5.32 Å². The fourth-order valence-corrected chi connectivity index (χ4v) is 4.76. The molecule has 2 fully saturated rings. The zero-order valence-electron chi connectivity index (χ0n) is 11.6. The summed E-state index contributed by atoms with van der Waals surface area (Å²) in [6, 6.07) is 6.59. The van der Waals surface area contributed by atoms with Crippen molar-refractivity contribution in [1.82, 2.24) is 0 Å². The molecule has 2 aliphatic carbocycles. The van der Waals surface area contributed by atoms with Crippen molar-refractivity contribution in [2.75, 3.05) is 5.32 Å². The number of benzene rings is 1. The number of anilines is 1. The highest BCUT2D eigenvalue weighted by atomic mass is 79.9. The molecule has 1 N–H and O–H groups in total. The van der Waals surface area contributed by atoms with Crippen LogP contribution in [-0.2, 0) is 11.2 Å². The first kappa shape index (κ1) is 12.9. The molecule has 1 aromatic carbocycles. The third-order valence-electron chi connectivity index (χ3n) is 5.27. The maximum absolute atomic E-state index is 11.6. The minimum absolute atomic E-state index is 0.155. The van der Waals surface area contributed by atoms with Gasteiger partial charge < -0.3 is 5.32 Å². The number of aryl methyl sites for hydroxylation is 1. The first-order valence-electron chi connectivity index (χ1n) is 7.77. The van der Waals surface area contributed by atoms with Crippen molar-refractivity contribution < 1.29 is 4.79 Å². The number of alkyl halides is 1. The topological polar surface area (TPSA) is 29.1 Å². The molecule has 1 amide bonds. The van der Waals surface area contributed by atoms with Crippen LogP contribution in [0.5, 0.6) is 0 Å². The van der Waals surface area contributed by atoms with Crippen molar-refractivity contribution in [2.24, 2.45) is 17.8 Å². The minimum atomic E-state index is 0.155. The van der Waals surface area contributed by atoms with E-state index < -0.39 is 0 Å². The highest BCUT2D eigenvalue weighted by Gasteiger charge is 2.47. The van der Waals surface area contributed by atoms with Gasteiger partial charge in [-0.1, -0.05) is 28.1 Å². The number of nitrogens with one attached hydrogen (secondary N) is 1. The lowest BCUT2D eigenvalue weighted by molar-refractivity contribution is -0.116. The van der Waals surface area contributed by atoms with Gasteiger partial charge in [0.15, 0.2) is 0 Å². The van der Waals surface area contributed by atoms with E-state index in [0.29, 0.717) is 11.2 Å². The summed E-state index contributed by atoms with van der Waals surface area (Å²) in [6.07, 6.45) is 6.89. The second kappa shape index (κ2) is 4.87. The Morgan fingerprint density at radius 1 is 1.15 bits per heavy atom. The van der Waals surface area contributed by atoms with Crippen molar-refractivity contribution in [3.63, 3.8) is 0 Å². The quantitative estimate of drug-likeness (QED) is 0.796.